The topological polar surface area (TPSA) is 49.9 Å². The zero-order chi connectivity index (χ0) is 21.3. The number of carbonyl (C=O) groups is 2. The number of amides is 2. The highest BCUT2D eigenvalue weighted by Gasteiger charge is 2.38. The molecule has 1 heterocycles. The molecule has 2 amide bonds. The molecule has 2 aromatic carbocycles. The van der Waals surface area contributed by atoms with Crippen LogP contribution in [0.1, 0.15) is 47.3 Å². The monoisotopic (exact) mass is 458 g/mol. The number of rotatable bonds is 3. The lowest BCUT2D eigenvalue weighted by Crippen LogP contribution is -2.53. The number of nitrogens with zero attached hydrogens (tertiary/aromatic N) is 2. The van der Waals surface area contributed by atoms with E-state index < -0.39 is 0 Å². The highest BCUT2D eigenvalue weighted by molar-refractivity contribution is 9.10. The Balaban J connectivity index is 2.14. The number of fused-ring (bicyclic) bond motifs is 1. The van der Waals surface area contributed by atoms with Crippen molar-refractivity contribution >= 4 is 39.3 Å². The van der Waals surface area contributed by atoms with Crippen molar-refractivity contribution in [2.75, 3.05) is 23.0 Å². The molecule has 0 spiro atoms. The third-order valence-electron chi connectivity index (χ3n) is 5.50. The predicted octanol–water partition coefficient (Wildman–Crippen LogP) is 5.78. The van der Waals surface area contributed by atoms with Gasteiger partial charge in [0.15, 0.2) is 0 Å². The molecule has 1 aliphatic heterocycles. The minimum Gasteiger partial charge on any atom is -0.449 e. The number of ether oxygens (including phenoxy) is 1. The highest BCUT2D eigenvalue weighted by atomic mass is 79.9. The standard InChI is InChI=1S/C23H27BrN2O3/c1-6-18-13-25(22(27)19-9-8-17(24)10-16(19)5)20-11-14(3)15(4)12-21(20)26(18)23(28)29-7-2/h8-12,18H,6-7,13H2,1-5H3. The maximum atomic E-state index is 13.5. The summed E-state index contributed by atoms with van der Waals surface area (Å²) >= 11 is 3.46. The number of hydrogen-bond acceptors (Lipinski definition) is 3. The first-order chi connectivity index (χ1) is 13.8. The molecule has 6 heteroatoms. The Kier molecular flexibility index (Phi) is 6.32. The summed E-state index contributed by atoms with van der Waals surface area (Å²) in [4.78, 5) is 29.8. The predicted molar refractivity (Wildman–Crippen MR) is 120 cm³/mol. The van der Waals surface area contributed by atoms with Gasteiger partial charge in [0.2, 0.25) is 0 Å². The Bertz CT molecular complexity index is 957. The Morgan fingerprint density at radius 3 is 2.28 bits per heavy atom. The summed E-state index contributed by atoms with van der Waals surface area (Å²) in [5, 5.41) is 0. The van der Waals surface area contributed by atoms with Gasteiger partial charge in [-0.3, -0.25) is 9.69 Å². The summed E-state index contributed by atoms with van der Waals surface area (Å²) in [6.07, 6.45) is 0.352. The molecule has 1 atom stereocenters. The number of halogens is 1. The smallest absolute Gasteiger partial charge is 0.414 e. The van der Waals surface area contributed by atoms with Crippen LogP contribution in [0.3, 0.4) is 0 Å². The zero-order valence-corrected chi connectivity index (χ0v) is 19.2. The molecule has 1 unspecified atom stereocenters. The van der Waals surface area contributed by atoms with Gasteiger partial charge in [-0.15, -0.1) is 0 Å². The van der Waals surface area contributed by atoms with Crippen LogP contribution in [0.25, 0.3) is 0 Å². The molecule has 0 fully saturated rings. The molecule has 1 aliphatic rings. The maximum Gasteiger partial charge on any atom is 0.414 e. The van der Waals surface area contributed by atoms with Gasteiger partial charge in [-0.1, -0.05) is 22.9 Å². The van der Waals surface area contributed by atoms with Gasteiger partial charge in [0.05, 0.1) is 24.0 Å². The van der Waals surface area contributed by atoms with Crippen molar-refractivity contribution in [3.8, 4) is 0 Å². The summed E-state index contributed by atoms with van der Waals surface area (Å²) in [5.41, 5.74) is 5.20. The Morgan fingerprint density at radius 1 is 1.03 bits per heavy atom. The van der Waals surface area contributed by atoms with Crippen LogP contribution in [0.5, 0.6) is 0 Å². The van der Waals surface area contributed by atoms with Crippen LogP contribution in [-0.4, -0.2) is 31.2 Å². The number of hydrogen-bond donors (Lipinski definition) is 0. The van der Waals surface area contributed by atoms with Crippen molar-refractivity contribution in [3.05, 3.63) is 57.1 Å². The first-order valence-electron chi connectivity index (χ1n) is 9.93. The third-order valence-corrected chi connectivity index (χ3v) is 5.99. The lowest BCUT2D eigenvalue weighted by Gasteiger charge is -2.42. The van der Waals surface area contributed by atoms with Gasteiger partial charge in [-0.2, -0.15) is 0 Å². The Morgan fingerprint density at radius 2 is 1.69 bits per heavy atom. The lowest BCUT2D eigenvalue weighted by atomic mass is 9.99. The molecule has 0 radical (unpaired) electrons. The Hall–Kier alpha value is -2.34. The van der Waals surface area contributed by atoms with Crippen molar-refractivity contribution in [1.82, 2.24) is 0 Å². The lowest BCUT2D eigenvalue weighted by molar-refractivity contribution is 0.0981. The zero-order valence-electron chi connectivity index (χ0n) is 17.6. The van der Waals surface area contributed by atoms with Crippen molar-refractivity contribution in [2.24, 2.45) is 0 Å². The summed E-state index contributed by atoms with van der Waals surface area (Å²) in [7, 11) is 0. The number of anilines is 2. The second kappa shape index (κ2) is 8.57. The van der Waals surface area contributed by atoms with E-state index in [0.717, 1.165) is 32.5 Å². The van der Waals surface area contributed by atoms with Gasteiger partial charge < -0.3 is 9.64 Å². The average molecular weight is 459 g/mol. The molecule has 5 nitrogen and oxygen atoms in total. The third kappa shape index (κ3) is 4.04. The molecule has 0 N–H and O–H groups in total. The quantitative estimate of drug-likeness (QED) is 0.585. The molecule has 0 aliphatic carbocycles. The van der Waals surface area contributed by atoms with Crippen molar-refractivity contribution in [2.45, 2.75) is 47.1 Å². The van der Waals surface area contributed by atoms with E-state index >= 15 is 0 Å². The van der Waals surface area contributed by atoms with E-state index in [0.29, 0.717) is 25.1 Å². The van der Waals surface area contributed by atoms with E-state index in [9.17, 15) is 9.59 Å². The minimum absolute atomic E-state index is 0.0542. The van der Waals surface area contributed by atoms with E-state index in [-0.39, 0.29) is 18.0 Å². The van der Waals surface area contributed by atoms with Gasteiger partial charge in [-0.25, -0.2) is 4.79 Å². The van der Waals surface area contributed by atoms with Gasteiger partial charge in [0.1, 0.15) is 0 Å². The highest BCUT2D eigenvalue weighted by Crippen LogP contribution is 2.40. The fourth-order valence-corrected chi connectivity index (χ4v) is 4.21. The van der Waals surface area contributed by atoms with Crippen molar-refractivity contribution in [3.63, 3.8) is 0 Å². The van der Waals surface area contributed by atoms with Crippen molar-refractivity contribution in [1.29, 1.82) is 0 Å². The van der Waals surface area contributed by atoms with Crippen LogP contribution in [0, 0.1) is 20.8 Å². The van der Waals surface area contributed by atoms with Crippen LogP contribution in [0.15, 0.2) is 34.8 Å². The molecular weight excluding hydrogens is 432 g/mol. The minimum atomic E-state index is -0.365. The average Bonchev–Trinajstić information content (AvgIpc) is 2.67. The van der Waals surface area contributed by atoms with Crippen molar-refractivity contribution < 1.29 is 14.3 Å². The van der Waals surface area contributed by atoms with E-state index in [1.807, 2.05) is 62.9 Å². The first-order valence-corrected chi connectivity index (χ1v) is 10.7. The van der Waals surface area contributed by atoms with Crippen LogP contribution >= 0.6 is 15.9 Å². The number of aryl methyl sites for hydroxylation is 3. The second-order valence-corrected chi connectivity index (χ2v) is 8.35. The van der Waals surface area contributed by atoms with Gasteiger partial charge >= 0.3 is 6.09 Å². The molecule has 0 saturated heterocycles. The molecule has 154 valence electrons. The molecule has 3 rings (SSSR count). The van der Waals surface area contributed by atoms with Crippen LogP contribution in [0.2, 0.25) is 0 Å². The number of benzene rings is 2. The number of carbonyl (C=O) groups excluding carboxylic acids is 2. The van der Waals surface area contributed by atoms with Crippen LogP contribution in [0.4, 0.5) is 16.2 Å². The molecule has 29 heavy (non-hydrogen) atoms. The Labute approximate surface area is 180 Å². The first kappa shape index (κ1) is 21.4. The molecule has 0 saturated carbocycles. The van der Waals surface area contributed by atoms with E-state index in [1.54, 1.807) is 11.8 Å². The van der Waals surface area contributed by atoms with Gasteiger partial charge in [0, 0.05) is 16.6 Å². The van der Waals surface area contributed by atoms with Gasteiger partial charge in [0.25, 0.3) is 5.91 Å². The molecule has 0 aromatic heterocycles. The van der Waals surface area contributed by atoms with E-state index in [1.165, 1.54) is 0 Å². The summed E-state index contributed by atoms with van der Waals surface area (Å²) < 4.78 is 6.27. The second-order valence-electron chi connectivity index (χ2n) is 7.43. The molecular formula is C23H27BrN2O3. The SMILES string of the molecule is CCOC(=O)N1c2cc(C)c(C)cc2N(C(=O)c2ccc(Br)cc2C)CC1CC. The molecule has 2 aromatic rings. The maximum absolute atomic E-state index is 13.5. The van der Waals surface area contributed by atoms with Crippen LogP contribution < -0.4 is 9.80 Å². The van der Waals surface area contributed by atoms with E-state index in [2.05, 4.69) is 15.9 Å². The van der Waals surface area contributed by atoms with E-state index in [4.69, 9.17) is 4.74 Å². The summed E-state index contributed by atoms with van der Waals surface area (Å²) in [5.74, 6) is -0.0542. The largest absolute Gasteiger partial charge is 0.449 e. The van der Waals surface area contributed by atoms with Crippen LogP contribution in [-0.2, 0) is 4.74 Å². The fraction of sp³-hybridized carbons (Fsp3) is 0.391. The summed E-state index contributed by atoms with van der Waals surface area (Å²) in [6.45, 7) is 10.5. The summed E-state index contributed by atoms with van der Waals surface area (Å²) in [6, 6.07) is 9.51. The molecule has 0 bridgehead atoms. The fourth-order valence-electron chi connectivity index (χ4n) is 3.74. The van der Waals surface area contributed by atoms with Gasteiger partial charge in [-0.05, 0) is 81.1 Å². The normalized spacial score (nSPS) is 15.9.